The van der Waals surface area contributed by atoms with E-state index in [1.54, 1.807) is 24.9 Å². The van der Waals surface area contributed by atoms with Gasteiger partial charge >= 0.3 is 5.97 Å². The monoisotopic (exact) mass is 297 g/mol. The quantitative estimate of drug-likeness (QED) is 0.792. The summed E-state index contributed by atoms with van der Waals surface area (Å²) in [5.74, 6) is -0.0273. The molecule has 1 aromatic carbocycles. The number of carbonyl (C=O) groups is 1. The van der Waals surface area contributed by atoms with Crippen molar-refractivity contribution in [2.45, 2.75) is 36.1 Å². The molecule has 2 unspecified atom stereocenters. The van der Waals surface area contributed by atoms with E-state index in [0.29, 0.717) is 6.42 Å². The summed E-state index contributed by atoms with van der Waals surface area (Å²) in [7, 11) is 1.73. The predicted octanol–water partition coefficient (Wildman–Crippen LogP) is 3.15. The van der Waals surface area contributed by atoms with Crippen molar-refractivity contribution in [2.75, 3.05) is 12.8 Å². The number of hydrogen-bond acceptors (Lipinski definition) is 3. The van der Waals surface area contributed by atoms with Gasteiger partial charge in [-0.25, -0.2) is 4.39 Å². The van der Waals surface area contributed by atoms with E-state index in [1.165, 1.54) is 12.1 Å². The summed E-state index contributed by atoms with van der Waals surface area (Å²) < 4.78 is 13.1. The number of carboxylic acids is 1. The molecule has 2 atom stereocenters. The largest absolute Gasteiger partial charge is 0.480 e. The number of halogens is 1. The first-order valence-corrected chi connectivity index (χ1v) is 7.88. The molecule has 20 heavy (non-hydrogen) atoms. The lowest BCUT2D eigenvalue weighted by Crippen LogP contribution is -2.53. The molecule has 0 bridgehead atoms. The van der Waals surface area contributed by atoms with Crippen LogP contribution in [0.5, 0.6) is 0 Å². The Kier molecular flexibility index (Phi) is 5.05. The highest BCUT2D eigenvalue weighted by atomic mass is 32.2. The van der Waals surface area contributed by atoms with Crippen molar-refractivity contribution in [3.63, 3.8) is 0 Å². The molecule has 0 amide bonds. The molecule has 0 heterocycles. The van der Waals surface area contributed by atoms with Crippen LogP contribution in [-0.4, -0.2) is 29.4 Å². The fourth-order valence-corrected chi connectivity index (χ4v) is 4.07. The lowest BCUT2D eigenvalue weighted by Gasteiger charge is -2.30. The van der Waals surface area contributed by atoms with E-state index in [4.69, 9.17) is 0 Å². The first-order valence-electron chi connectivity index (χ1n) is 6.89. The van der Waals surface area contributed by atoms with Gasteiger partial charge in [-0.2, -0.15) is 0 Å². The van der Waals surface area contributed by atoms with E-state index in [9.17, 15) is 14.3 Å². The van der Waals surface area contributed by atoms with Gasteiger partial charge < -0.3 is 10.4 Å². The van der Waals surface area contributed by atoms with Crippen LogP contribution < -0.4 is 5.32 Å². The van der Waals surface area contributed by atoms with Crippen LogP contribution in [0.15, 0.2) is 29.2 Å². The number of nitrogens with one attached hydrogen (secondary N) is 1. The molecule has 0 saturated heterocycles. The van der Waals surface area contributed by atoms with Crippen LogP contribution in [0, 0.1) is 11.7 Å². The van der Waals surface area contributed by atoms with Crippen LogP contribution in [0.1, 0.15) is 25.7 Å². The summed E-state index contributed by atoms with van der Waals surface area (Å²) in [5.41, 5.74) is -0.775. The number of likely N-dealkylation sites (N-methyl/N-ethyl adjacent to an activating group) is 1. The van der Waals surface area contributed by atoms with Crippen molar-refractivity contribution in [3.05, 3.63) is 30.1 Å². The maximum absolute atomic E-state index is 13.1. The average Bonchev–Trinajstić information content (AvgIpc) is 2.83. The third kappa shape index (κ3) is 3.15. The molecule has 0 radical (unpaired) electrons. The summed E-state index contributed by atoms with van der Waals surface area (Å²) >= 11 is 1.58. The molecule has 2 rings (SSSR count). The Morgan fingerprint density at radius 3 is 3.05 bits per heavy atom. The second kappa shape index (κ2) is 6.59. The number of hydrogen-bond donors (Lipinski definition) is 2. The molecule has 1 aliphatic rings. The van der Waals surface area contributed by atoms with Crippen molar-refractivity contribution in [2.24, 2.45) is 5.92 Å². The number of carboxylic acid groups (broad SMARTS) is 1. The van der Waals surface area contributed by atoms with Gasteiger partial charge in [0.2, 0.25) is 0 Å². The van der Waals surface area contributed by atoms with Crippen molar-refractivity contribution < 1.29 is 14.3 Å². The molecule has 3 nitrogen and oxygen atoms in total. The van der Waals surface area contributed by atoms with Gasteiger partial charge in [0.05, 0.1) is 0 Å². The van der Waals surface area contributed by atoms with Gasteiger partial charge in [0.1, 0.15) is 11.4 Å². The van der Waals surface area contributed by atoms with Crippen LogP contribution in [-0.2, 0) is 4.79 Å². The van der Waals surface area contributed by atoms with Gasteiger partial charge in [0.25, 0.3) is 0 Å². The maximum Gasteiger partial charge on any atom is 0.324 e. The molecule has 0 aromatic heterocycles. The van der Waals surface area contributed by atoms with E-state index in [2.05, 4.69) is 5.32 Å². The Hall–Kier alpha value is -1.07. The van der Waals surface area contributed by atoms with Crippen LogP contribution in [0.2, 0.25) is 0 Å². The lowest BCUT2D eigenvalue weighted by atomic mass is 9.85. The second-order valence-corrected chi connectivity index (χ2v) is 6.38. The Morgan fingerprint density at radius 2 is 2.40 bits per heavy atom. The van der Waals surface area contributed by atoms with Gasteiger partial charge in [-0.15, -0.1) is 11.8 Å². The molecule has 0 aliphatic heterocycles. The molecule has 2 N–H and O–H groups in total. The van der Waals surface area contributed by atoms with E-state index >= 15 is 0 Å². The molecular weight excluding hydrogens is 277 g/mol. The van der Waals surface area contributed by atoms with Crippen LogP contribution >= 0.6 is 11.8 Å². The normalized spacial score (nSPS) is 25.8. The van der Waals surface area contributed by atoms with Crippen LogP contribution in [0.25, 0.3) is 0 Å². The standard InChI is InChI=1S/C15H20FNO2S/c1-17-15(14(18)19)8-3-4-11(15)7-9-20-13-6-2-5-12(16)10-13/h2,5-6,10-11,17H,3-4,7-9H2,1H3,(H,18,19). The minimum Gasteiger partial charge on any atom is -0.480 e. The zero-order valence-corrected chi connectivity index (χ0v) is 12.4. The molecular formula is C15H20FNO2S. The summed E-state index contributed by atoms with van der Waals surface area (Å²) in [6, 6.07) is 6.52. The Balaban J connectivity index is 1.92. The van der Waals surface area contributed by atoms with Crippen LogP contribution in [0.4, 0.5) is 4.39 Å². The summed E-state index contributed by atoms with van der Waals surface area (Å²) in [6.45, 7) is 0. The van der Waals surface area contributed by atoms with Crippen molar-refractivity contribution in [3.8, 4) is 0 Å². The number of thioether (sulfide) groups is 1. The third-order valence-corrected chi connectivity index (χ3v) is 5.21. The highest BCUT2D eigenvalue weighted by molar-refractivity contribution is 7.99. The van der Waals surface area contributed by atoms with Crippen molar-refractivity contribution >= 4 is 17.7 Å². The zero-order valence-electron chi connectivity index (χ0n) is 11.6. The minimum absolute atomic E-state index is 0.144. The van der Waals surface area contributed by atoms with E-state index in [1.807, 2.05) is 6.07 Å². The van der Waals surface area contributed by atoms with Gasteiger partial charge in [-0.3, -0.25) is 4.79 Å². The molecule has 1 fully saturated rings. The summed E-state index contributed by atoms with van der Waals surface area (Å²) in [5, 5.41) is 12.5. The topological polar surface area (TPSA) is 49.3 Å². The SMILES string of the molecule is CNC1(C(=O)O)CCCC1CCSc1cccc(F)c1. The Labute approximate surface area is 123 Å². The van der Waals surface area contributed by atoms with Gasteiger partial charge in [-0.05, 0) is 56.2 Å². The van der Waals surface area contributed by atoms with Crippen molar-refractivity contribution in [1.82, 2.24) is 5.32 Å². The van der Waals surface area contributed by atoms with E-state index in [-0.39, 0.29) is 11.7 Å². The molecule has 110 valence electrons. The van der Waals surface area contributed by atoms with Crippen molar-refractivity contribution in [1.29, 1.82) is 0 Å². The number of aliphatic carboxylic acids is 1. The number of rotatable bonds is 6. The summed E-state index contributed by atoms with van der Waals surface area (Å²) in [6.07, 6.45) is 3.40. The molecule has 5 heteroatoms. The molecule has 1 saturated carbocycles. The number of benzene rings is 1. The third-order valence-electron chi connectivity index (χ3n) is 4.18. The fourth-order valence-electron chi connectivity index (χ4n) is 3.06. The van der Waals surface area contributed by atoms with Gasteiger partial charge in [0.15, 0.2) is 0 Å². The van der Waals surface area contributed by atoms with E-state index in [0.717, 1.165) is 29.9 Å². The maximum atomic E-state index is 13.1. The van der Waals surface area contributed by atoms with E-state index < -0.39 is 11.5 Å². The fraction of sp³-hybridized carbons (Fsp3) is 0.533. The second-order valence-electron chi connectivity index (χ2n) is 5.21. The molecule has 0 spiro atoms. The molecule has 1 aromatic rings. The Bertz CT molecular complexity index is 483. The minimum atomic E-state index is -0.775. The van der Waals surface area contributed by atoms with Crippen LogP contribution in [0.3, 0.4) is 0 Å². The Morgan fingerprint density at radius 1 is 1.60 bits per heavy atom. The highest BCUT2D eigenvalue weighted by Gasteiger charge is 2.47. The van der Waals surface area contributed by atoms with Gasteiger partial charge in [-0.1, -0.05) is 12.5 Å². The lowest BCUT2D eigenvalue weighted by molar-refractivity contribution is -0.146. The highest BCUT2D eigenvalue weighted by Crippen LogP contribution is 2.39. The van der Waals surface area contributed by atoms with Gasteiger partial charge in [0, 0.05) is 4.90 Å². The first-order chi connectivity index (χ1) is 9.58. The predicted molar refractivity (Wildman–Crippen MR) is 78.5 cm³/mol. The first kappa shape index (κ1) is 15.3. The summed E-state index contributed by atoms with van der Waals surface area (Å²) in [4.78, 5) is 12.4. The molecule has 1 aliphatic carbocycles. The smallest absolute Gasteiger partial charge is 0.324 e. The zero-order chi connectivity index (χ0) is 14.6. The average molecular weight is 297 g/mol.